The standard InChI is InChI=1S/C22H28N2O4/c1-6-7-10-23-18(25)16-20(27)24(12-15-11-13(2)8-9-14(15)3)21(28)17(19(23)26)22(16,4)5/h8-9,11,16-17H,6-7,10,12H2,1-5H3. The summed E-state index contributed by atoms with van der Waals surface area (Å²) in [5, 5.41) is 0. The molecule has 4 amide bonds. The number of carbonyl (C=O) groups excluding carboxylic acids is 4. The van der Waals surface area contributed by atoms with Gasteiger partial charge < -0.3 is 0 Å². The fourth-order valence-electron chi connectivity index (χ4n) is 4.32. The van der Waals surface area contributed by atoms with E-state index in [-0.39, 0.29) is 13.1 Å². The Morgan fingerprint density at radius 3 is 1.96 bits per heavy atom. The van der Waals surface area contributed by atoms with E-state index in [4.69, 9.17) is 0 Å². The lowest BCUT2D eigenvalue weighted by Crippen LogP contribution is -2.70. The fourth-order valence-corrected chi connectivity index (χ4v) is 4.32. The maximum absolute atomic E-state index is 13.2. The molecule has 0 radical (unpaired) electrons. The topological polar surface area (TPSA) is 74.8 Å². The summed E-state index contributed by atoms with van der Waals surface area (Å²) in [4.78, 5) is 54.8. The Labute approximate surface area is 165 Å². The molecule has 2 saturated heterocycles. The van der Waals surface area contributed by atoms with Gasteiger partial charge in [0.05, 0.1) is 6.54 Å². The van der Waals surface area contributed by atoms with Gasteiger partial charge in [-0.1, -0.05) is 51.0 Å². The van der Waals surface area contributed by atoms with Crippen molar-refractivity contribution in [2.45, 2.75) is 54.0 Å². The summed E-state index contributed by atoms with van der Waals surface area (Å²) in [5.74, 6) is -3.94. The second-order valence-corrected chi connectivity index (χ2v) is 8.56. The van der Waals surface area contributed by atoms with Crippen LogP contribution in [0.4, 0.5) is 0 Å². The lowest BCUT2D eigenvalue weighted by Gasteiger charge is -2.51. The predicted molar refractivity (Wildman–Crippen MR) is 104 cm³/mol. The van der Waals surface area contributed by atoms with Crippen molar-refractivity contribution in [3.63, 3.8) is 0 Å². The molecular weight excluding hydrogens is 356 g/mol. The summed E-state index contributed by atoms with van der Waals surface area (Å²) in [5.41, 5.74) is 1.82. The Bertz CT molecular complexity index is 820. The molecule has 28 heavy (non-hydrogen) atoms. The number of carbonyl (C=O) groups is 4. The second kappa shape index (κ2) is 7.15. The number of benzene rings is 1. The highest BCUT2D eigenvalue weighted by Crippen LogP contribution is 2.47. The molecular formula is C22H28N2O4. The number of aryl methyl sites for hydroxylation is 2. The summed E-state index contributed by atoms with van der Waals surface area (Å²) in [7, 11) is 0. The van der Waals surface area contributed by atoms with Crippen LogP contribution in [0.1, 0.15) is 50.3 Å². The van der Waals surface area contributed by atoms with E-state index in [1.165, 1.54) is 0 Å². The van der Waals surface area contributed by atoms with E-state index in [1.807, 2.05) is 39.0 Å². The van der Waals surface area contributed by atoms with Gasteiger partial charge in [-0.2, -0.15) is 0 Å². The van der Waals surface area contributed by atoms with Gasteiger partial charge in [0.1, 0.15) is 11.8 Å². The van der Waals surface area contributed by atoms with Crippen LogP contribution in [0.15, 0.2) is 18.2 Å². The van der Waals surface area contributed by atoms with Crippen molar-refractivity contribution >= 4 is 23.6 Å². The van der Waals surface area contributed by atoms with Crippen molar-refractivity contribution < 1.29 is 19.2 Å². The molecule has 0 aliphatic carbocycles. The molecule has 2 fully saturated rings. The number of likely N-dealkylation sites (tertiary alicyclic amines) is 2. The van der Waals surface area contributed by atoms with Crippen molar-refractivity contribution in [3.8, 4) is 0 Å². The zero-order chi connectivity index (χ0) is 20.8. The largest absolute Gasteiger partial charge is 0.281 e. The third-order valence-corrected chi connectivity index (χ3v) is 6.11. The second-order valence-electron chi connectivity index (χ2n) is 8.56. The van der Waals surface area contributed by atoms with E-state index in [0.29, 0.717) is 6.42 Å². The Balaban J connectivity index is 2.00. The SMILES string of the molecule is CCCCN1C(=O)C2C(=O)N(Cc3cc(C)ccc3C)C(=O)C(C1=O)C2(C)C. The first-order valence-electron chi connectivity index (χ1n) is 9.87. The Hall–Kier alpha value is -2.50. The molecule has 0 saturated carbocycles. The van der Waals surface area contributed by atoms with Crippen molar-refractivity contribution in [3.05, 3.63) is 34.9 Å². The molecule has 6 nitrogen and oxygen atoms in total. The van der Waals surface area contributed by atoms with Gasteiger partial charge in [0.15, 0.2) is 0 Å². The van der Waals surface area contributed by atoms with Crippen LogP contribution < -0.4 is 0 Å². The summed E-state index contributed by atoms with van der Waals surface area (Å²) < 4.78 is 0. The number of imide groups is 2. The number of hydrogen-bond acceptors (Lipinski definition) is 4. The Morgan fingerprint density at radius 2 is 1.43 bits per heavy atom. The lowest BCUT2D eigenvalue weighted by atomic mass is 9.62. The number of piperidine rings is 2. The average Bonchev–Trinajstić information content (AvgIpc) is 2.60. The minimum Gasteiger partial charge on any atom is -0.281 e. The Kier molecular flexibility index (Phi) is 5.17. The van der Waals surface area contributed by atoms with E-state index in [1.54, 1.807) is 13.8 Å². The van der Waals surface area contributed by atoms with E-state index in [0.717, 1.165) is 32.9 Å². The first-order chi connectivity index (χ1) is 13.1. The molecule has 2 aliphatic rings. The summed E-state index contributed by atoms with van der Waals surface area (Å²) in [6.07, 6.45) is 1.47. The van der Waals surface area contributed by atoms with Crippen LogP contribution in [-0.2, 0) is 25.7 Å². The van der Waals surface area contributed by atoms with E-state index in [9.17, 15) is 19.2 Å². The van der Waals surface area contributed by atoms with Crippen LogP contribution >= 0.6 is 0 Å². The molecule has 0 N–H and O–H groups in total. The van der Waals surface area contributed by atoms with Crippen molar-refractivity contribution in [1.82, 2.24) is 9.80 Å². The average molecular weight is 384 g/mol. The fraction of sp³-hybridized carbons (Fsp3) is 0.545. The predicted octanol–water partition coefficient (Wildman–Crippen LogP) is 2.60. The highest BCUT2D eigenvalue weighted by Gasteiger charge is 2.64. The van der Waals surface area contributed by atoms with Crippen LogP contribution in [0.25, 0.3) is 0 Å². The van der Waals surface area contributed by atoms with Crippen molar-refractivity contribution in [1.29, 1.82) is 0 Å². The summed E-state index contributed by atoms with van der Waals surface area (Å²) >= 11 is 0. The molecule has 2 atom stereocenters. The quantitative estimate of drug-likeness (QED) is 0.578. The number of unbranched alkanes of at least 4 members (excludes halogenated alkanes) is 1. The highest BCUT2D eigenvalue weighted by atomic mass is 16.2. The van der Waals surface area contributed by atoms with Crippen molar-refractivity contribution in [2.75, 3.05) is 6.54 Å². The molecule has 0 aromatic heterocycles. The molecule has 2 unspecified atom stereocenters. The van der Waals surface area contributed by atoms with E-state index in [2.05, 4.69) is 0 Å². The number of nitrogens with zero attached hydrogens (tertiary/aromatic N) is 2. The number of fused-ring (bicyclic) bond motifs is 2. The zero-order valence-corrected chi connectivity index (χ0v) is 17.2. The van der Waals surface area contributed by atoms with Gasteiger partial charge in [-0.05, 0) is 31.4 Å². The third-order valence-electron chi connectivity index (χ3n) is 6.11. The summed E-state index contributed by atoms with van der Waals surface area (Å²) in [6.45, 7) is 9.53. The lowest BCUT2D eigenvalue weighted by molar-refractivity contribution is -0.184. The van der Waals surface area contributed by atoms with Gasteiger partial charge in [-0.3, -0.25) is 29.0 Å². The highest BCUT2D eigenvalue weighted by molar-refractivity contribution is 6.22. The van der Waals surface area contributed by atoms with E-state index < -0.39 is 40.9 Å². The van der Waals surface area contributed by atoms with Gasteiger partial charge in [0.25, 0.3) is 0 Å². The number of rotatable bonds is 5. The Morgan fingerprint density at radius 1 is 0.893 bits per heavy atom. The van der Waals surface area contributed by atoms with Crippen LogP contribution in [-0.4, -0.2) is 40.0 Å². The monoisotopic (exact) mass is 384 g/mol. The van der Waals surface area contributed by atoms with Crippen LogP contribution in [0.5, 0.6) is 0 Å². The zero-order valence-electron chi connectivity index (χ0n) is 17.2. The molecule has 2 bridgehead atoms. The molecule has 2 aliphatic heterocycles. The van der Waals surface area contributed by atoms with Gasteiger partial charge >= 0.3 is 0 Å². The van der Waals surface area contributed by atoms with Gasteiger partial charge in [-0.25, -0.2) is 0 Å². The van der Waals surface area contributed by atoms with Crippen LogP contribution in [0.3, 0.4) is 0 Å². The maximum Gasteiger partial charge on any atom is 0.242 e. The first-order valence-corrected chi connectivity index (χ1v) is 9.87. The smallest absolute Gasteiger partial charge is 0.242 e. The number of hydrogen-bond donors (Lipinski definition) is 0. The van der Waals surface area contributed by atoms with Crippen LogP contribution in [0, 0.1) is 31.1 Å². The van der Waals surface area contributed by atoms with Gasteiger partial charge in [0.2, 0.25) is 23.6 Å². The first kappa shape index (κ1) is 20.2. The minimum atomic E-state index is -1.01. The van der Waals surface area contributed by atoms with E-state index >= 15 is 0 Å². The van der Waals surface area contributed by atoms with Crippen LogP contribution in [0.2, 0.25) is 0 Å². The normalized spacial score (nSPS) is 24.2. The minimum absolute atomic E-state index is 0.0871. The molecule has 6 heteroatoms. The molecule has 1 aromatic carbocycles. The van der Waals surface area contributed by atoms with Gasteiger partial charge in [-0.15, -0.1) is 0 Å². The summed E-state index contributed by atoms with van der Waals surface area (Å²) in [6, 6.07) is 5.84. The molecule has 0 spiro atoms. The molecule has 1 aromatic rings. The third kappa shape index (κ3) is 3.05. The molecule has 2 heterocycles. The molecule has 150 valence electrons. The molecule has 3 rings (SSSR count). The van der Waals surface area contributed by atoms with Gasteiger partial charge in [0, 0.05) is 12.0 Å². The maximum atomic E-state index is 13.2. The van der Waals surface area contributed by atoms with Crippen molar-refractivity contribution in [2.24, 2.45) is 17.3 Å². The number of amides is 4.